The second-order valence-corrected chi connectivity index (χ2v) is 12.2. The summed E-state index contributed by atoms with van der Waals surface area (Å²) in [4.78, 5) is 42.9. The fourth-order valence-electron chi connectivity index (χ4n) is 6.72. The molecule has 2 aliphatic rings. The molecule has 49 heavy (non-hydrogen) atoms. The van der Waals surface area contributed by atoms with Crippen LogP contribution in [0.15, 0.2) is 77.1 Å². The highest BCUT2D eigenvalue weighted by Gasteiger charge is 2.44. The number of likely N-dealkylation sites (tertiary alicyclic amines) is 1. The van der Waals surface area contributed by atoms with E-state index < -0.39 is 16.6 Å². The smallest absolute Gasteiger partial charge is 0.316 e. The first-order valence-electron chi connectivity index (χ1n) is 17.0. The Balaban J connectivity index is 1.52. The zero-order valence-corrected chi connectivity index (χ0v) is 28.7. The lowest BCUT2D eigenvalue weighted by Crippen LogP contribution is -2.99. The van der Waals surface area contributed by atoms with E-state index >= 15 is 0 Å². The number of methoxy groups -OCH3 is 1. The molecule has 0 saturated carbocycles. The van der Waals surface area contributed by atoms with E-state index in [4.69, 9.17) is 15.2 Å². The van der Waals surface area contributed by atoms with E-state index in [-0.39, 0.29) is 36.7 Å². The third kappa shape index (κ3) is 8.93. The molecule has 2 aliphatic heterocycles. The first-order valence-corrected chi connectivity index (χ1v) is 17.0. The van der Waals surface area contributed by atoms with Crippen molar-refractivity contribution in [3.63, 3.8) is 0 Å². The molecule has 2 atom stereocenters. The van der Waals surface area contributed by atoms with Crippen LogP contribution in [0.5, 0.6) is 0 Å². The van der Waals surface area contributed by atoms with Gasteiger partial charge < -0.3 is 41.3 Å². The molecule has 2 aromatic carbocycles. The first kappa shape index (κ1) is 37.7. The Morgan fingerprint density at radius 2 is 1.67 bits per heavy atom. The lowest BCUT2D eigenvalue weighted by atomic mass is 9.72. The van der Waals surface area contributed by atoms with Crippen molar-refractivity contribution >= 4 is 23.5 Å². The minimum Gasteiger partial charge on any atom is -0.595 e. The van der Waals surface area contributed by atoms with Crippen molar-refractivity contribution in [3.05, 3.63) is 93.5 Å². The van der Waals surface area contributed by atoms with E-state index in [1.807, 2.05) is 44.2 Å². The van der Waals surface area contributed by atoms with Gasteiger partial charge in [0, 0.05) is 49.0 Å². The number of nitrogens with zero attached hydrogens (tertiary/aromatic N) is 1. The second-order valence-electron chi connectivity index (χ2n) is 12.2. The van der Waals surface area contributed by atoms with Crippen molar-refractivity contribution in [1.29, 1.82) is 0 Å². The average Bonchev–Trinajstić information content (AvgIpc) is 3.13. The summed E-state index contributed by atoms with van der Waals surface area (Å²) < 4.78 is 11.0. The Kier molecular flexibility index (Phi) is 13.9. The molecular weight excluding hydrogens is 628 g/mol. The van der Waals surface area contributed by atoms with Crippen LogP contribution in [0.2, 0.25) is 0 Å². The van der Waals surface area contributed by atoms with E-state index in [1.54, 1.807) is 12.1 Å². The lowest BCUT2D eigenvalue weighted by molar-refractivity contribution is -0.991. The maximum atomic E-state index is 14.1. The molecule has 2 unspecified atom stereocenters. The van der Waals surface area contributed by atoms with Crippen molar-refractivity contribution in [2.24, 2.45) is 5.73 Å². The zero-order chi connectivity index (χ0) is 35.4. The highest BCUT2D eigenvalue weighted by Crippen LogP contribution is 2.40. The van der Waals surface area contributed by atoms with Crippen LogP contribution in [0.1, 0.15) is 56.6 Å². The molecule has 1 saturated heterocycles. The predicted molar refractivity (Wildman–Crippen MR) is 184 cm³/mol. The molecule has 2 aromatic rings. The van der Waals surface area contributed by atoms with Crippen LogP contribution in [-0.4, -0.2) is 87.5 Å². The lowest BCUT2D eigenvalue weighted by Gasteiger charge is -2.40. The third-order valence-corrected chi connectivity index (χ3v) is 9.26. The molecule has 0 aliphatic carbocycles. The molecule has 2 heterocycles. The molecular formula is C36H50N6O7. The van der Waals surface area contributed by atoms with Crippen molar-refractivity contribution in [2.45, 2.75) is 50.9 Å². The quantitative estimate of drug-likeness (QED) is 0.0865. The summed E-state index contributed by atoms with van der Waals surface area (Å²) in [6, 6.07) is 16.0. The normalized spacial score (nSPS) is 18.4. The Morgan fingerprint density at radius 1 is 1.02 bits per heavy atom. The van der Waals surface area contributed by atoms with Crippen molar-refractivity contribution in [1.82, 2.24) is 20.9 Å². The van der Waals surface area contributed by atoms with Crippen LogP contribution in [-0.2, 0) is 29.3 Å². The number of dihydropyridines is 1. The number of likely N-dealkylation sites (N-methyl/N-ethyl adjacent to an activating group) is 1. The van der Waals surface area contributed by atoms with Crippen molar-refractivity contribution in [3.8, 4) is 0 Å². The number of piperidine rings is 1. The number of nitrogens with two attached hydrogens (primary N) is 1. The summed E-state index contributed by atoms with van der Waals surface area (Å²) in [5, 5.41) is 29.3. The number of carbonyl (C=O) groups is 3. The summed E-state index contributed by atoms with van der Waals surface area (Å²) in [6.45, 7) is 7.33. The van der Waals surface area contributed by atoms with Crippen LogP contribution >= 0.6 is 0 Å². The van der Waals surface area contributed by atoms with E-state index in [0.717, 1.165) is 12.1 Å². The number of benzene rings is 2. The van der Waals surface area contributed by atoms with Crippen LogP contribution in [0.25, 0.3) is 0 Å². The molecule has 0 bridgehead atoms. The van der Waals surface area contributed by atoms with Gasteiger partial charge in [-0.05, 0) is 63.4 Å². The van der Waals surface area contributed by atoms with Gasteiger partial charge in [-0.1, -0.05) is 49.4 Å². The van der Waals surface area contributed by atoms with Gasteiger partial charge in [0.1, 0.15) is 0 Å². The molecule has 0 aromatic heterocycles. The monoisotopic (exact) mass is 678 g/mol. The Hall–Kier alpha value is -4.11. The topological polar surface area (TPSA) is 183 Å². The van der Waals surface area contributed by atoms with Crippen LogP contribution < -0.4 is 26.9 Å². The zero-order valence-electron chi connectivity index (χ0n) is 28.7. The Morgan fingerprint density at radius 3 is 2.27 bits per heavy atom. The Bertz CT molecular complexity index is 1480. The molecule has 266 valence electrons. The molecule has 2 amide bonds. The van der Waals surface area contributed by atoms with Gasteiger partial charge in [-0.2, -0.15) is 5.23 Å². The number of ether oxygens (including phenoxy) is 2. The highest BCUT2D eigenvalue weighted by molar-refractivity contribution is 6.04. The number of allylic oxidation sites excluding steroid dienone is 1. The van der Waals surface area contributed by atoms with Gasteiger partial charge in [-0.25, -0.2) is 5.21 Å². The Labute approximate surface area is 288 Å². The number of hydrogen-bond donors (Lipinski definition) is 6. The maximum absolute atomic E-state index is 14.1. The summed E-state index contributed by atoms with van der Waals surface area (Å²) in [6.07, 6.45) is 2.43. The first-order chi connectivity index (χ1) is 23.7. The summed E-state index contributed by atoms with van der Waals surface area (Å²) >= 11 is 0. The van der Waals surface area contributed by atoms with Gasteiger partial charge in [0.05, 0.1) is 37.0 Å². The molecule has 4 rings (SSSR count). The van der Waals surface area contributed by atoms with Crippen LogP contribution in [0.4, 0.5) is 5.69 Å². The van der Waals surface area contributed by atoms with Gasteiger partial charge in [0.15, 0.2) is 5.69 Å². The van der Waals surface area contributed by atoms with Gasteiger partial charge in [-0.15, -0.1) is 0 Å². The van der Waals surface area contributed by atoms with E-state index in [9.17, 15) is 24.8 Å². The number of esters is 1. The average molecular weight is 679 g/mol. The van der Waals surface area contributed by atoms with Crippen molar-refractivity contribution < 1.29 is 34.3 Å². The number of carbonyl (C=O) groups excluding carboxylic acids is 3. The standard InChI is InChI=1S/C36H50N6O7/c1-4-28-31(33(43)38-5-2)30(25-12-14-27(15-13-25)42(46)47)32(29(40-28)24-49-23-18-37)34(44)39-19-9-20-41-21-16-36(17-22-41,35(45)48-3)26-10-7-6-8-11-26/h6-8,10-15,30,40,42,46H,4-5,9,16-24,37H2,1-3H3,(H,38,43)(H,39,44). The third-order valence-electron chi connectivity index (χ3n) is 9.26. The fraction of sp³-hybridized carbons (Fsp3) is 0.472. The van der Waals surface area contributed by atoms with Gasteiger partial charge in [-0.3, -0.25) is 14.4 Å². The molecule has 0 spiro atoms. The van der Waals surface area contributed by atoms with E-state index in [2.05, 4.69) is 20.9 Å². The van der Waals surface area contributed by atoms with Crippen molar-refractivity contribution in [2.75, 3.05) is 59.6 Å². The van der Waals surface area contributed by atoms with Crippen LogP contribution in [0.3, 0.4) is 0 Å². The molecule has 1 fully saturated rings. The number of hydrogen-bond acceptors (Lipinski definition) is 10. The number of amides is 2. The number of quaternary nitrogens is 1. The number of rotatable bonds is 16. The van der Waals surface area contributed by atoms with E-state index in [1.165, 1.54) is 19.2 Å². The minimum atomic E-state index is -1.07. The van der Waals surface area contributed by atoms with Gasteiger partial charge in [0.2, 0.25) is 11.8 Å². The summed E-state index contributed by atoms with van der Waals surface area (Å²) in [5.74, 6) is -1.65. The molecule has 7 N–H and O–H groups in total. The summed E-state index contributed by atoms with van der Waals surface area (Å²) in [5.41, 5.74) is 8.60. The molecule has 13 nitrogen and oxygen atoms in total. The largest absolute Gasteiger partial charge is 0.595 e. The SMILES string of the molecule is CCNC(=O)C1=C(CC)NC(COCCN)=C(C(=O)NCCCN2CCC(C(=O)OC)(c3ccccc3)CC2)C1c1ccc([NH+]([O-])O)cc1. The minimum absolute atomic E-state index is 0.0764. The van der Waals surface area contributed by atoms with E-state index in [0.29, 0.717) is 86.5 Å². The van der Waals surface area contributed by atoms with Crippen LogP contribution in [0, 0.1) is 5.21 Å². The number of nitrogens with one attached hydrogen (secondary N) is 4. The maximum Gasteiger partial charge on any atom is 0.316 e. The molecule has 0 radical (unpaired) electrons. The summed E-state index contributed by atoms with van der Waals surface area (Å²) in [7, 11) is 1.43. The van der Waals surface area contributed by atoms with Gasteiger partial charge in [0.25, 0.3) is 0 Å². The highest BCUT2D eigenvalue weighted by atomic mass is 16.8. The van der Waals surface area contributed by atoms with Gasteiger partial charge >= 0.3 is 5.97 Å². The fourth-order valence-corrected chi connectivity index (χ4v) is 6.72. The molecule has 13 heteroatoms. The second kappa shape index (κ2) is 18.0. The predicted octanol–water partition coefficient (Wildman–Crippen LogP) is 1.52.